The number of para-hydroxylation sites is 1. The number of benzene rings is 3. The monoisotopic (exact) mass is 465 g/mol. The van der Waals surface area contributed by atoms with Crippen molar-refractivity contribution in [1.82, 2.24) is 15.0 Å². The minimum atomic E-state index is 0.394. The fraction of sp³-hybridized carbons (Fsp3) is 0.259. The molecule has 1 aromatic heterocycles. The summed E-state index contributed by atoms with van der Waals surface area (Å²) in [7, 11) is 0. The van der Waals surface area contributed by atoms with Crippen LogP contribution in [-0.2, 0) is 17.6 Å². The Kier molecular flexibility index (Phi) is 5.71. The van der Waals surface area contributed by atoms with Crippen LogP contribution in [0.1, 0.15) is 23.6 Å². The summed E-state index contributed by atoms with van der Waals surface area (Å²) in [5, 5.41) is 10.6. The third kappa shape index (κ3) is 4.40. The Balaban J connectivity index is 1.32. The first-order chi connectivity index (χ1) is 17.2. The number of aryl methyl sites for hydroxylation is 2. The highest BCUT2D eigenvalue weighted by molar-refractivity contribution is 6.11. The number of hydrogen-bond acceptors (Lipinski definition) is 8. The van der Waals surface area contributed by atoms with E-state index in [-0.39, 0.29) is 0 Å². The van der Waals surface area contributed by atoms with Crippen molar-refractivity contribution in [3.8, 4) is 0 Å². The van der Waals surface area contributed by atoms with Crippen molar-refractivity contribution in [2.75, 3.05) is 41.9 Å². The highest BCUT2D eigenvalue weighted by Crippen LogP contribution is 2.33. The van der Waals surface area contributed by atoms with Crippen molar-refractivity contribution in [3.05, 3.63) is 77.4 Å². The van der Waals surface area contributed by atoms with Crippen LogP contribution in [0.25, 0.3) is 10.8 Å². The number of hydrazone groups is 1. The maximum absolute atomic E-state index is 5.50. The molecule has 3 aromatic carbocycles. The van der Waals surface area contributed by atoms with E-state index < -0.39 is 0 Å². The van der Waals surface area contributed by atoms with Crippen molar-refractivity contribution < 1.29 is 4.74 Å². The molecule has 0 amide bonds. The van der Waals surface area contributed by atoms with Crippen molar-refractivity contribution in [2.24, 2.45) is 5.10 Å². The molecule has 0 unspecified atom stereocenters. The molecule has 35 heavy (non-hydrogen) atoms. The lowest BCUT2D eigenvalue weighted by atomic mass is 9.98. The van der Waals surface area contributed by atoms with E-state index in [1.807, 2.05) is 37.3 Å². The van der Waals surface area contributed by atoms with Crippen LogP contribution < -0.4 is 15.6 Å². The number of nitrogens with one attached hydrogen (secondary N) is 2. The number of morpholine rings is 1. The van der Waals surface area contributed by atoms with Crippen molar-refractivity contribution in [3.63, 3.8) is 0 Å². The first kappa shape index (κ1) is 21.5. The fourth-order valence-electron chi connectivity index (χ4n) is 4.78. The third-order valence-corrected chi connectivity index (χ3v) is 6.54. The zero-order chi connectivity index (χ0) is 23.6. The van der Waals surface area contributed by atoms with Gasteiger partial charge in [0.2, 0.25) is 17.8 Å². The minimum Gasteiger partial charge on any atom is -0.378 e. The lowest BCUT2D eigenvalue weighted by Crippen LogP contribution is -2.37. The van der Waals surface area contributed by atoms with Crippen molar-refractivity contribution >= 4 is 40.0 Å². The molecule has 1 aliphatic heterocycles. The number of aromatic nitrogens is 3. The Labute approximate surface area is 204 Å². The second kappa shape index (κ2) is 9.31. The smallest absolute Gasteiger partial charge is 0.250 e. The van der Waals surface area contributed by atoms with E-state index in [0.717, 1.165) is 42.9 Å². The van der Waals surface area contributed by atoms with Gasteiger partial charge >= 0.3 is 0 Å². The summed E-state index contributed by atoms with van der Waals surface area (Å²) >= 11 is 0. The minimum absolute atomic E-state index is 0.394. The quantitative estimate of drug-likeness (QED) is 0.319. The summed E-state index contributed by atoms with van der Waals surface area (Å²) in [6.07, 6.45) is 2.22. The summed E-state index contributed by atoms with van der Waals surface area (Å²) in [5.41, 5.74) is 8.83. The molecular formula is C27H27N7O. The molecule has 1 aliphatic carbocycles. The van der Waals surface area contributed by atoms with Crippen LogP contribution in [0, 0.1) is 0 Å². The van der Waals surface area contributed by atoms with Gasteiger partial charge in [-0.3, -0.25) is 0 Å². The van der Waals surface area contributed by atoms with Gasteiger partial charge in [0.25, 0.3) is 0 Å². The zero-order valence-corrected chi connectivity index (χ0v) is 19.7. The van der Waals surface area contributed by atoms with Gasteiger partial charge in [0, 0.05) is 24.3 Å². The van der Waals surface area contributed by atoms with Crippen LogP contribution in [0.3, 0.4) is 0 Å². The number of ether oxygens (including phenoxy) is 1. The van der Waals surface area contributed by atoms with Gasteiger partial charge in [-0.25, -0.2) is 5.43 Å². The number of anilines is 4. The van der Waals surface area contributed by atoms with Gasteiger partial charge in [0.05, 0.1) is 18.9 Å². The summed E-state index contributed by atoms with van der Waals surface area (Å²) in [6, 6.07) is 20.8. The summed E-state index contributed by atoms with van der Waals surface area (Å²) in [6.45, 7) is 4.78. The van der Waals surface area contributed by atoms with Gasteiger partial charge in [-0.05, 0) is 53.8 Å². The van der Waals surface area contributed by atoms with Gasteiger partial charge in [-0.15, -0.1) is 0 Å². The highest BCUT2D eigenvalue weighted by Gasteiger charge is 2.18. The molecule has 176 valence electrons. The van der Waals surface area contributed by atoms with E-state index >= 15 is 0 Å². The summed E-state index contributed by atoms with van der Waals surface area (Å²) in [5.74, 6) is 1.46. The molecule has 0 spiro atoms. The molecule has 8 heteroatoms. The molecule has 2 N–H and O–H groups in total. The van der Waals surface area contributed by atoms with E-state index in [1.165, 1.54) is 21.9 Å². The predicted octanol–water partition coefficient (Wildman–Crippen LogP) is 4.54. The van der Waals surface area contributed by atoms with Crippen LogP contribution in [-0.4, -0.2) is 47.0 Å². The lowest BCUT2D eigenvalue weighted by Gasteiger charge is -2.27. The maximum Gasteiger partial charge on any atom is 0.250 e. The molecule has 8 nitrogen and oxygen atoms in total. The van der Waals surface area contributed by atoms with Gasteiger partial charge in [-0.2, -0.15) is 20.1 Å². The van der Waals surface area contributed by atoms with E-state index in [9.17, 15) is 0 Å². The largest absolute Gasteiger partial charge is 0.378 e. The SMILES string of the molecule is C/C(=N/Nc1nc(Nc2ccccc2)nc(N2CCOCC2)n1)c1ccc2c3c(cccc13)CC2. The third-order valence-electron chi connectivity index (χ3n) is 6.54. The topological polar surface area (TPSA) is 87.6 Å². The second-order valence-corrected chi connectivity index (χ2v) is 8.79. The Morgan fingerprint density at radius 3 is 2.46 bits per heavy atom. The first-order valence-corrected chi connectivity index (χ1v) is 12.0. The van der Waals surface area contributed by atoms with Crippen LogP contribution in [0.2, 0.25) is 0 Å². The molecule has 1 fully saturated rings. The molecule has 2 heterocycles. The Hall–Kier alpha value is -4.04. The summed E-state index contributed by atoms with van der Waals surface area (Å²) < 4.78 is 5.50. The molecule has 0 radical (unpaired) electrons. The molecule has 0 bridgehead atoms. The molecule has 2 aliphatic rings. The van der Waals surface area contributed by atoms with Crippen LogP contribution in [0.5, 0.6) is 0 Å². The zero-order valence-electron chi connectivity index (χ0n) is 19.7. The van der Waals surface area contributed by atoms with E-state index in [2.05, 4.69) is 66.0 Å². The normalized spacial score (nSPS) is 15.5. The second-order valence-electron chi connectivity index (χ2n) is 8.79. The Morgan fingerprint density at radius 2 is 1.63 bits per heavy atom. The number of hydrogen-bond donors (Lipinski definition) is 2. The molecule has 1 saturated heterocycles. The highest BCUT2D eigenvalue weighted by atomic mass is 16.5. The molecule has 6 rings (SSSR count). The average Bonchev–Trinajstić information content (AvgIpc) is 3.33. The van der Waals surface area contributed by atoms with E-state index in [1.54, 1.807) is 0 Å². The van der Waals surface area contributed by atoms with Crippen LogP contribution in [0.15, 0.2) is 65.8 Å². The van der Waals surface area contributed by atoms with Crippen molar-refractivity contribution in [2.45, 2.75) is 19.8 Å². The predicted molar refractivity (Wildman–Crippen MR) is 140 cm³/mol. The Bertz CT molecular complexity index is 1390. The first-order valence-electron chi connectivity index (χ1n) is 12.0. The van der Waals surface area contributed by atoms with Crippen LogP contribution >= 0.6 is 0 Å². The fourth-order valence-corrected chi connectivity index (χ4v) is 4.78. The maximum atomic E-state index is 5.50. The summed E-state index contributed by atoms with van der Waals surface area (Å²) in [4.78, 5) is 16.0. The van der Waals surface area contributed by atoms with Gasteiger partial charge in [0.15, 0.2) is 0 Å². The van der Waals surface area contributed by atoms with Gasteiger partial charge in [-0.1, -0.05) is 48.5 Å². The van der Waals surface area contributed by atoms with Gasteiger partial charge in [0.1, 0.15) is 0 Å². The van der Waals surface area contributed by atoms with Crippen molar-refractivity contribution in [1.29, 1.82) is 0 Å². The van der Waals surface area contributed by atoms with E-state index in [0.29, 0.717) is 31.1 Å². The molecule has 4 aromatic rings. The number of rotatable bonds is 6. The molecule has 0 atom stereocenters. The van der Waals surface area contributed by atoms with Crippen LogP contribution in [0.4, 0.5) is 23.5 Å². The lowest BCUT2D eigenvalue weighted by molar-refractivity contribution is 0.122. The standard InChI is InChI=1S/C27H27N7O/c1-18(22-13-12-20-11-10-19-6-5-9-23(22)24(19)20)32-33-26-29-25(28-21-7-3-2-4-8-21)30-27(31-26)34-14-16-35-17-15-34/h2-9,12-13H,10-11,14-17H2,1H3,(H2,28,29,30,31,33)/b32-18-. The molecule has 0 saturated carbocycles. The molecular weight excluding hydrogens is 438 g/mol. The average molecular weight is 466 g/mol. The van der Waals surface area contributed by atoms with E-state index in [4.69, 9.17) is 4.74 Å². The Morgan fingerprint density at radius 1 is 0.857 bits per heavy atom. The number of nitrogens with zero attached hydrogens (tertiary/aromatic N) is 5. The van der Waals surface area contributed by atoms with Gasteiger partial charge < -0.3 is 15.0 Å².